The van der Waals surface area contributed by atoms with Gasteiger partial charge < -0.3 is 14.2 Å². The van der Waals surface area contributed by atoms with Crippen LogP contribution in [0.4, 0.5) is 5.95 Å². The second kappa shape index (κ2) is 6.04. The van der Waals surface area contributed by atoms with Gasteiger partial charge in [0.05, 0.1) is 13.2 Å². The van der Waals surface area contributed by atoms with Crippen LogP contribution in [0.25, 0.3) is 11.2 Å². The van der Waals surface area contributed by atoms with Crippen LogP contribution >= 0.6 is 0 Å². The molecule has 8 heteroatoms. The van der Waals surface area contributed by atoms with Crippen molar-refractivity contribution in [3.63, 3.8) is 0 Å². The molecule has 3 rings (SSSR count). The van der Waals surface area contributed by atoms with Crippen molar-refractivity contribution >= 4 is 17.1 Å². The lowest BCUT2D eigenvalue weighted by Crippen LogP contribution is -2.38. The van der Waals surface area contributed by atoms with Crippen LogP contribution < -0.4 is 16.1 Å². The van der Waals surface area contributed by atoms with Gasteiger partial charge >= 0.3 is 5.69 Å². The van der Waals surface area contributed by atoms with Crippen molar-refractivity contribution < 1.29 is 4.74 Å². The zero-order chi connectivity index (χ0) is 16.6. The Morgan fingerprint density at radius 1 is 1.30 bits per heavy atom. The third-order valence-electron chi connectivity index (χ3n) is 3.96. The lowest BCUT2D eigenvalue weighted by atomic mass is 10.3. The van der Waals surface area contributed by atoms with Crippen LogP contribution in [0.15, 0.2) is 21.2 Å². The summed E-state index contributed by atoms with van der Waals surface area (Å²) in [5.41, 5.74) is 1.12. The summed E-state index contributed by atoms with van der Waals surface area (Å²) < 4.78 is 8.63. The Bertz CT molecular complexity index is 864. The highest BCUT2D eigenvalue weighted by Gasteiger charge is 2.22. The number of allylic oxidation sites excluding steroid dienone is 2. The molecule has 1 fully saturated rings. The third kappa shape index (κ3) is 2.81. The molecule has 2 aromatic heterocycles. The van der Waals surface area contributed by atoms with Gasteiger partial charge in [0, 0.05) is 26.7 Å². The fourth-order valence-corrected chi connectivity index (χ4v) is 2.67. The molecule has 0 unspecified atom stereocenters. The number of nitrogens with zero attached hydrogens (tertiary/aromatic N) is 4. The largest absolute Gasteiger partial charge is 0.378 e. The Labute approximate surface area is 133 Å². The molecule has 8 nitrogen and oxygen atoms in total. The highest BCUT2D eigenvalue weighted by Crippen LogP contribution is 2.20. The Balaban J connectivity index is 2.24. The van der Waals surface area contributed by atoms with Crippen LogP contribution in [0.3, 0.4) is 0 Å². The Kier molecular flexibility index (Phi) is 4.08. The number of fused-ring (bicyclic) bond motifs is 1. The molecule has 0 aromatic carbocycles. The van der Waals surface area contributed by atoms with Gasteiger partial charge in [0.2, 0.25) is 5.95 Å². The van der Waals surface area contributed by atoms with E-state index in [0.717, 1.165) is 5.57 Å². The van der Waals surface area contributed by atoms with Gasteiger partial charge in [-0.2, -0.15) is 4.98 Å². The molecule has 1 saturated heterocycles. The van der Waals surface area contributed by atoms with E-state index in [2.05, 4.69) is 14.9 Å². The second-order valence-corrected chi connectivity index (χ2v) is 5.89. The lowest BCUT2D eigenvalue weighted by Gasteiger charge is -2.28. The molecule has 2 aromatic rings. The van der Waals surface area contributed by atoms with Crippen molar-refractivity contribution in [3.8, 4) is 0 Å². The van der Waals surface area contributed by atoms with E-state index in [1.807, 2.05) is 24.5 Å². The third-order valence-corrected chi connectivity index (χ3v) is 3.96. The van der Waals surface area contributed by atoms with Crippen LogP contribution in [0.1, 0.15) is 13.8 Å². The van der Waals surface area contributed by atoms with Gasteiger partial charge in [0.25, 0.3) is 5.56 Å². The number of imidazole rings is 1. The first kappa shape index (κ1) is 15.5. The molecule has 0 spiro atoms. The number of anilines is 1. The van der Waals surface area contributed by atoms with Crippen molar-refractivity contribution in [3.05, 3.63) is 32.5 Å². The van der Waals surface area contributed by atoms with Crippen molar-refractivity contribution in [2.45, 2.75) is 20.4 Å². The van der Waals surface area contributed by atoms with Crippen LogP contribution in [-0.4, -0.2) is 45.4 Å². The van der Waals surface area contributed by atoms with Gasteiger partial charge in [0.1, 0.15) is 0 Å². The smallest absolute Gasteiger partial charge is 0.329 e. The van der Waals surface area contributed by atoms with Gasteiger partial charge in [0.15, 0.2) is 11.2 Å². The van der Waals surface area contributed by atoms with E-state index in [9.17, 15) is 9.59 Å². The van der Waals surface area contributed by atoms with Crippen molar-refractivity contribution in [2.24, 2.45) is 7.05 Å². The fourth-order valence-electron chi connectivity index (χ4n) is 2.67. The topological polar surface area (TPSA) is 85.2 Å². The average Bonchev–Trinajstić information content (AvgIpc) is 2.91. The summed E-state index contributed by atoms with van der Waals surface area (Å²) >= 11 is 0. The van der Waals surface area contributed by atoms with E-state index < -0.39 is 11.2 Å². The molecule has 0 atom stereocenters. The predicted octanol–water partition coefficient (Wildman–Crippen LogP) is 0.226. The van der Waals surface area contributed by atoms with Crippen LogP contribution in [0.5, 0.6) is 0 Å². The van der Waals surface area contributed by atoms with E-state index in [4.69, 9.17) is 4.74 Å². The number of nitrogens with one attached hydrogen (secondary N) is 1. The summed E-state index contributed by atoms with van der Waals surface area (Å²) in [5, 5.41) is 0. The van der Waals surface area contributed by atoms with E-state index in [1.165, 1.54) is 4.57 Å². The van der Waals surface area contributed by atoms with Gasteiger partial charge in [-0.1, -0.05) is 11.6 Å². The number of aromatic amines is 1. The molecule has 3 heterocycles. The molecule has 0 bridgehead atoms. The number of aryl methyl sites for hydroxylation is 1. The predicted molar refractivity (Wildman–Crippen MR) is 88.1 cm³/mol. The van der Waals surface area contributed by atoms with Gasteiger partial charge in [-0.05, 0) is 13.8 Å². The number of aromatic nitrogens is 4. The summed E-state index contributed by atoms with van der Waals surface area (Å²) in [5.74, 6) is 0.701. The van der Waals surface area contributed by atoms with Gasteiger partial charge in [-0.3, -0.25) is 14.3 Å². The molecule has 124 valence electrons. The summed E-state index contributed by atoms with van der Waals surface area (Å²) in [6, 6.07) is 0. The maximum absolute atomic E-state index is 12.3. The second-order valence-electron chi connectivity index (χ2n) is 5.89. The Morgan fingerprint density at radius 2 is 2.00 bits per heavy atom. The molecule has 23 heavy (non-hydrogen) atoms. The first-order valence-electron chi connectivity index (χ1n) is 7.64. The molecular weight excluding hydrogens is 298 g/mol. The highest BCUT2D eigenvalue weighted by atomic mass is 16.5. The Morgan fingerprint density at radius 3 is 2.65 bits per heavy atom. The number of ether oxygens (including phenoxy) is 1. The van der Waals surface area contributed by atoms with E-state index >= 15 is 0 Å². The van der Waals surface area contributed by atoms with E-state index in [-0.39, 0.29) is 0 Å². The number of hydrogen-bond donors (Lipinski definition) is 1. The van der Waals surface area contributed by atoms with Crippen molar-refractivity contribution in [2.75, 3.05) is 31.2 Å². The summed E-state index contributed by atoms with van der Waals surface area (Å²) in [4.78, 5) is 33.2. The van der Waals surface area contributed by atoms with Gasteiger partial charge in [-0.25, -0.2) is 4.79 Å². The zero-order valence-corrected chi connectivity index (χ0v) is 13.6. The maximum atomic E-state index is 12.3. The molecule has 0 amide bonds. The Hall–Kier alpha value is -2.35. The van der Waals surface area contributed by atoms with E-state index in [0.29, 0.717) is 50.0 Å². The summed E-state index contributed by atoms with van der Waals surface area (Å²) in [6.45, 7) is 7.23. The number of rotatable bonds is 3. The highest BCUT2D eigenvalue weighted by molar-refractivity contribution is 5.74. The molecule has 1 aliphatic heterocycles. The minimum Gasteiger partial charge on any atom is -0.378 e. The molecule has 0 radical (unpaired) electrons. The van der Waals surface area contributed by atoms with Crippen LogP contribution in [0.2, 0.25) is 0 Å². The first-order chi connectivity index (χ1) is 11.0. The standard InChI is InChI=1S/C15H21N5O3/c1-10(2)4-5-20-11-12(18(3)15(22)17-13(11)21)16-14(20)19-6-8-23-9-7-19/h4H,5-9H2,1-3H3,(H,17,21,22). The van der Waals surface area contributed by atoms with Gasteiger partial charge in [-0.15, -0.1) is 0 Å². The van der Waals surface area contributed by atoms with Crippen LogP contribution in [0, 0.1) is 0 Å². The zero-order valence-electron chi connectivity index (χ0n) is 13.6. The first-order valence-corrected chi connectivity index (χ1v) is 7.64. The minimum atomic E-state index is -0.456. The lowest BCUT2D eigenvalue weighted by molar-refractivity contribution is 0.121. The molecule has 0 aliphatic carbocycles. The average molecular weight is 319 g/mol. The van der Waals surface area contributed by atoms with Crippen molar-refractivity contribution in [1.29, 1.82) is 0 Å². The maximum Gasteiger partial charge on any atom is 0.329 e. The normalized spacial score (nSPS) is 15.2. The van der Waals surface area contributed by atoms with E-state index in [1.54, 1.807) is 7.05 Å². The molecule has 1 N–H and O–H groups in total. The minimum absolute atomic E-state index is 0.405. The quantitative estimate of drug-likeness (QED) is 0.819. The molecule has 1 aliphatic rings. The number of H-pyrrole nitrogens is 1. The number of hydrogen-bond acceptors (Lipinski definition) is 5. The number of morpholine rings is 1. The SMILES string of the molecule is CC(C)=CCn1c(N2CCOCC2)nc2c1c(=O)[nH]c(=O)n2C. The summed E-state index contributed by atoms with van der Waals surface area (Å²) in [7, 11) is 1.61. The van der Waals surface area contributed by atoms with Crippen molar-refractivity contribution in [1.82, 2.24) is 19.1 Å². The molecular formula is C15H21N5O3. The fraction of sp³-hybridized carbons (Fsp3) is 0.533. The summed E-state index contributed by atoms with van der Waals surface area (Å²) in [6.07, 6.45) is 2.04. The monoisotopic (exact) mass is 319 g/mol. The molecule has 0 saturated carbocycles. The van der Waals surface area contributed by atoms with Crippen LogP contribution in [-0.2, 0) is 18.3 Å².